The zero-order valence-electron chi connectivity index (χ0n) is 52.2. The van der Waals surface area contributed by atoms with Crippen LogP contribution in [0.15, 0.2) is 146 Å². The van der Waals surface area contributed by atoms with Crippen LogP contribution in [0.5, 0.6) is 23.4 Å². The molecule has 0 N–H and O–H groups in total. The zero-order chi connectivity index (χ0) is 63.6. The normalized spacial score (nSPS) is 22.2. The van der Waals surface area contributed by atoms with Crippen LogP contribution >= 0.6 is 11.3 Å². The van der Waals surface area contributed by atoms with Gasteiger partial charge in [0.15, 0.2) is 0 Å². The summed E-state index contributed by atoms with van der Waals surface area (Å²) in [6, 6.07) is 35.3. The Hall–Kier alpha value is -9.17. The minimum atomic E-state index is -0.453. The zero-order valence-corrected chi connectivity index (χ0v) is 53.1. The van der Waals surface area contributed by atoms with E-state index >= 15 is 0 Å². The number of carbonyl (C=O) groups is 3. The van der Waals surface area contributed by atoms with Gasteiger partial charge in [0.1, 0.15) is 23.1 Å². The van der Waals surface area contributed by atoms with E-state index in [4.69, 9.17) is 18.9 Å². The molecule has 3 amide bonds. The van der Waals surface area contributed by atoms with Gasteiger partial charge >= 0.3 is 0 Å². The molecule has 0 saturated carbocycles. The molecule has 6 fully saturated rings. The van der Waals surface area contributed by atoms with Gasteiger partial charge < -0.3 is 33.6 Å². The minimum absolute atomic E-state index is 0.0784. The third kappa shape index (κ3) is 12.8. The molecule has 92 heavy (non-hydrogen) atoms. The van der Waals surface area contributed by atoms with Crippen molar-refractivity contribution in [2.24, 2.45) is 17.8 Å². The van der Waals surface area contributed by atoms with Gasteiger partial charge in [0.05, 0.1) is 65.5 Å². The molecule has 5 aromatic heterocycles. The van der Waals surface area contributed by atoms with Crippen LogP contribution in [-0.2, 0) is 0 Å². The fourth-order valence-electron chi connectivity index (χ4n) is 14.8. The minimum Gasteiger partial charge on any atom is -0.493 e. The number of hydrogen-bond acceptors (Lipinski definition) is 14. The van der Waals surface area contributed by atoms with Crippen molar-refractivity contribution in [2.75, 3.05) is 26.4 Å². The van der Waals surface area contributed by atoms with Gasteiger partial charge in [-0.1, -0.05) is 66.7 Å². The van der Waals surface area contributed by atoms with Crippen molar-refractivity contribution in [1.82, 2.24) is 49.6 Å². The molecule has 6 saturated heterocycles. The first kappa shape index (κ1) is 61.7. The predicted molar refractivity (Wildman–Crippen MR) is 345 cm³/mol. The van der Waals surface area contributed by atoms with Crippen LogP contribution < -0.4 is 18.9 Å². The van der Waals surface area contributed by atoms with E-state index in [9.17, 15) is 23.2 Å². The number of nitrogens with zero attached hydrogens (tertiary/aromatic N) is 10. The van der Waals surface area contributed by atoms with E-state index in [1.807, 2.05) is 123 Å². The van der Waals surface area contributed by atoms with Gasteiger partial charge in [-0.25, -0.2) is 28.7 Å². The Kier molecular flexibility index (Phi) is 18.1. The van der Waals surface area contributed by atoms with E-state index in [1.165, 1.54) is 46.7 Å². The van der Waals surface area contributed by atoms with Gasteiger partial charge in [-0.05, 0) is 150 Å². The summed E-state index contributed by atoms with van der Waals surface area (Å²) in [7, 11) is 0. The lowest BCUT2D eigenvalue weighted by Gasteiger charge is -2.26. The molecule has 15 rings (SSSR count). The van der Waals surface area contributed by atoms with Crippen LogP contribution in [0, 0.1) is 57.1 Å². The number of amides is 3. The standard InChI is InChI=1S/C26H28N2O3.C24H24FN3O2S.C22H22FN5O2/c1-3-30-23-12-9-18-6-4-5-7-21(18)25(23)26(29)28-20-10-11-22(28)19(14-20)16-31-24-13-8-17(2)15-27-24;1-14-7-10-21(26-12-14)30-13-16-11-17-8-9-20(16)28(17)24(29)22-23(31-15(2)27-22)18-5-3-4-6-19(18)25;1-14-2-7-21(24-12-14)30-13-15-10-17-4-6-19(15)27(17)22(29)18-11-16(23)3-5-20(18)28-25-8-9-26-28/h4-9,12-13,15,19-20,22H,3,10-11,14,16H2,1-2H3;3-7,10,12,16-17,20H,8-9,11,13H2,1-2H3;2-3,5,7-9,11-12,15,17,19H,4,6,10,13H2,1H3. The van der Waals surface area contributed by atoms with Crippen LogP contribution in [0.4, 0.5) is 8.78 Å². The Morgan fingerprint density at radius 3 is 1.59 bits per heavy atom. The van der Waals surface area contributed by atoms with Crippen LogP contribution in [0.2, 0.25) is 0 Å². The highest BCUT2D eigenvalue weighted by Crippen LogP contribution is 2.47. The average molecular weight is 1260 g/mol. The van der Waals surface area contributed by atoms with Gasteiger partial charge in [0, 0.05) is 96.4 Å². The van der Waals surface area contributed by atoms with E-state index < -0.39 is 5.82 Å². The quantitative estimate of drug-likeness (QED) is 0.0892. The second-order valence-corrected chi connectivity index (χ2v) is 26.1. The van der Waals surface area contributed by atoms with E-state index in [0.29, 0.717) is 83.1 Å². The topological polar surface area (TPSA) is 180 Å². The lowest BCUT2D eigenvalue weighted by molar-refractivity contribution is 0.0697. The number of fused-ring (bicyclic) bond motifs is 7. The highest BCUT2D eigenvalue weighted by atomic mass is 32.1. The van der Waals surface area contributed by atoms with Crippen LogP contribution in [-0.4, -0.2) is 130 Å². The van der Waals surface area contributed by atoms with Crippen LogP contribution in [0.3, 0.4) is 0 Å². The van der Waals surface area contributed by atoms with Gasteiger partial charge in [0.25, 0.3) is 17.7 Å². The van der Waals surface area contributed by atoms with Crippen molar-refractivity contribution in [3.8, 4) is 39.5 Å². The summed E-state index contributed by atoms with van der Waals surface area (Å²) in [5, 5.41) is 11.0. The summed E-state index contributed by atoms with van der Waals surface area (Å²) >= 11 is 1.37. The van der Waals surface area contributed by atoms with E-state index in [1.54, 1.807) is 36.7 Å². The summed E-state index contributed by atoms with van der Waals surface area (Å²) in [6.45, 7) is 12.0. The summed E-state index contributed by atoms with van der Waals surface area (Å²) in [5.41, 5.74) is 5.55. The molecule has 9 atom stereocenters. The third-order valence-corrected chi connectivity index (χ3v) is 20.0. The number of aromatic nitrogens is 7. The summed E-state index contributed by atoms with van der Waals surface area (Å²) in [5.74, 6) is 2.40. The molecule has 9 aromatic rings. The van der Waals surface area contributed by atoms with Crippen molar-refractivity contribution < 1.29 is 42.1 Å². The predicted octanol–water partition coefficient (Wildman–Crippen LogP) is 13.2. The van der Waals surface area contributed by atoms with Gasteiger partial charge in [-0.15, -0.1) is 11.3 Å². The third-order valence-electron chi connectivity index (χ3n) is 19.0. The maximum absolute atomic E-state index is 14.5. The second-order valence-electron chi connectivity index (χ2n) is 24.9. The maximum Gasteiger partial charge on any atom is 0.274 e. The summed E-state index contributed by atoms with van der Waals surface area (Å²) < 4.78 is 52.2. The number of benzene rings is 4. The monoisotopic (exact) mass is 1260 g/mol. The number of aryl methyl sites for hydroxylation is 4. The second kappa shape index (κ2) is 27.0. The molecule has 20 heteroatoms. The number of pyridine rings is 3. The Morgan fingerprint density at radius 2 is 1.07 bits per heavy atom. The Balaban J connectivity index is 0.000000126. The molecule has 6 aliphatic heterocycles. The fraction of sp³-hybridized carbons (Fsp3) is 0.375. The van der Waals surface area contributed by atoms with E-state index in [0.717, 1.165) is 90.3 Å². The van der Waals surface area contributed by atoms with Crippen molar-refractivity contribution in [1.29, 1.82) is 0 Å². The molecular weight excluding hydrogens is 1190 g/mol. The molecule has 474 valence electrons. The molecule has 6 aliphatic rings. The van der Waals surface area contributed by atoms with Crippen molar-refractivity contribution in [3.63, 3.8) is 0 Å². The highest BCUT2D eigenvalue weighted by Gasteiger charge is 2.52. The van der Waals surface area contributed by atoms with Gasteiger partial charge in [-0.2, -0.15) is 15.0 Å². The first-order valence-electron chi connectivity index (χ1n) is 31.9. The molecule has 4 aromatic carbocycles. The van der Waals surface area contributed by atoms with Crippen LogP contribution in [0.1, 0.15) is 118 Å². The van der Waals surface area contributed by atoms with Crippen molar-refractivity contribution in [2.45, 2.75) is 129 Å². The fourth-order valence-corrected chi connectivity index (χ4v) is 15.7. The molecule has 9 unspecified atom stereocenters. The molecule has 0 spiro atoms. The van der Waals surface area contributed by atoms with Crippen molar-refractivity contribution >= 4 is 39.8 Å². The van der Waals surface area contributed by atoms with Gasteiger partial charge in [0.2, 0.25) is 17.6 Å². The van der Waals surface area contributed by atoms with Crippen molar-refractivity contribution in [3.05, 3.63) is 196 Å². The largest absolute Gasteiger partial charge is 0.493 e. The Morgan fingerprint density at radius 1 is 0.554 bits per heavy atom. The summed E-state index contributed by atoms with van der Waals surface area (Å²) in [6.07, 6.45) is 17.2. The summed E-state index contributed by atoms with van der Waals surface area (Å²) in [4.78, 5) is 66.4. The maximum atomic E-state index is 14.5. The van der Waals surface area contributed by atoms with Crippen LogP contribution in [0.25, 0.3) is 26.9 Å². The highest BCUT2D eigenvalue weighted by molar-refractivity contribution is 7.15. The lowest BCUT2D eigenvalue weighted by Crippen LogP contribution is -2.38. The molecule has 0 aliphatic carbocycles. The molecule has 6 bridgehead atoms. The number of ether oxygens (including phenoxy) is 4. The molecule has 11 heterocycles. The SMILES string of the molecule is CCOc1ccc2ccccc2c1C(=O)N1C2CCC1C(COc1ccc(C)cn1)C2.Cc1ccc(OCC2CC3CCC2N3C(=O)c2cc(F)ccc2-n2nccn2)nc1.Cc1ccc(OCC2CC3CCC2N3C(=O)c2nc(C)sc2-c2ccccc2F)nc1. The first-order valence-corrected chi connectivity index (χ1v) is 32.8. The first-order chi connectivity index (χ1) is 44.8. The van der Waals surface area contributed by atoms with E-state index in [-0.39, 0.29) is 77.2 Å². The lowest BCUT2D eigenvalue weighted by atomic mass is 9.90. The number of thiazole rings is 1. The number of rotatable bonds is 16. The van der Waals surface area contributed by atoms with E-state index in [2.05, 4.69) is 35.0 Å². The number of hydrogen-bond donors (Lipinski definition) is 0. The number of carbonyl (C=O) groups excluding carboxylic acids is 3. The average Bonchev–Trinajstić information content (AvgIpc) is 1.57. The smallest absolute Gasteiger partial charge is 0.274 e. The molecular formula is C72H74F2N10O7S. The Bertz CT molecular complexity index is 4100. The van der Waals surface area contributed by atoms with Gasteiger partial charge in [-0.3, -0.25) is 14.4 Å². The molecule has 17 nitrogen and oxygen atoms in total. The number of halogens is 2. The molecule has 0 radical (unpaired) electrons. The Labute approximate surface area is 537 Å².